The van der Waals surface area contributed by atoms with Crippen molar-refractivity contribution < 1.29 is 24.0 Å². The van der Waals surface area contributed by atoms with Crippen LogP contribution >= 0.6 is 0 Å². The molecular formula is C30H32NO4+. The summed E-state index contributed by atoms with van der Waals surface area (Å²) < 4.78 is 14.2. The molecule has 35 heavy (non-hydrogen) atoms. The van der Waals surface area contributed by atoms with Crippen molar-refractivity contribution in [2.45, 2.75) is 58.5 Å². The number of carboxylic acids is 1. The van der Waals surface area contributed by atoms with Crippen LogP contribution < -0.4 is 9.47 Å². The molecule has 1 aliphatic carbocycles. The summed E-state index contributed by atoms with van der Waals surface area (Å²) in [7, 11) is 0. The molecule has 2 heterocycles. The van der Waals surface area contributed by atoms with Crippen LogP contribution in [0, 0.1) is 0 Å². The van der Waals surface area contributed by atoms with Crippen LogP contribution in [0.25, 0.3) is 6.08 Å². The molecule has 0 fully saturated rings. The van der Waals surface area contributed by atoms with Crippen molar-refractivity contribution in [1.82, 2.24) is 0 Å². The molecule has 2 aromatic rings. The molecule has 1 N–H and O–H groups in total. The first-order chi connectivity index (χ1) is 16.7. The molecule has 5 nitrogen and oxygen atoms in total. The lowest BCUT2D eigenvalue weighted by atomic mass is 9.81. The largest absolute Gasteiger partial charge is 0.491 e. The second kappa shape index (κ2) is 8.88. The Labute approximate surface area is 206 Å². The van der Waals surface area contributed by atoms with Gasteiger partial charge in [-0.15, -0.1) is 0 Å². The van der Waals surface area contributed by atoms with Crippen LogP contribution in [0.1, 0.15) is 58.1 Å². The van der Waals surface area contributed by atoms with Gasteiger partial charge in [-0.05, 0) is 82.4 Å². The van der Waals surface area contributed by atoms with Crippen LogP contribution in [-0.2, 0) is 10.2 Å². The number of nitrogens with zero attached hydrogens (tertiary/aromatic N) is 1. The molecule has 0 saturated carbocycles. The first-order valence-corrected chi connectivity index (χ1v) is 12.3. The first kappa shape index (κ1) is 23.2. The van der Waals surface area contributed by atoms with Crippen molar-refractivity contribution in [2.24, 2.45) is 0 Å². The van der Waals surface area contributed by atoms with Crippen molar-refractivity contribution in [3.05, 3.63) is 82.6 Å². The molecule has 0 bridgehead atoms. The Balaban J connectivity index is 1.53. The molecule has 5 heteroatoms. The van der Waals surface area contributed by atoms with Crippen LogP contribution in [0.15, 0.2) is 71.5 Å². The summed E-state index contributed by atoms with van der Waals surface area (Å²) in [4.78, 5) is 11.7. The Morgan fingerprint density at radius 1 is 1.17 bits per heavy atom. The molecule has 0 radical (unpaired) electrons. The Hall–Kier alpha value is -3.60. The van der Waals surface area contributed by atoms with Crippen LogP contribution in [0.5, 0.6) is 11.5 Å². The number of carboxylic acid groups (broad SMARTS) is 1. The van der Waals surface area contributed by atoms with E-state index in [1.165, 1.54) is 5.57 Å². The molecule has 180 valence electrons. The summed E-state index contributed by atoms with van der Waals surface area (Å²) in [5, 5.41) is 9.60. The van der Waals surface area contributed by atoms with E-state index in [0.29, 0.717) is 0 Å². The lowest BCUT2D eigenvalue weighted by Crippen LogP contribution is -2.29. The highest BCUT2D eigenvalue weighted by Crippen LogP contribution is 2.42. The molecule has 0 saturated heterocycles. The summed E-state index contributed by atoms with van der Waals surface area (Å²) in [6, 6.07) is 14.1. The molecule has 2 aliphatic heterocycles. The number of fused-ring (bicyclic) bond motifs is 3. The van der Waals surface area contributed by atoms with E-state index < -0.39 is 5.97 Å². The van der Waals surface area contributed by atoms with E-state index in [9.17, 15) is 9.90 Å². The van der Waals surface area contributed by atoms with E-state index in [-0.39, 0.29) is 18.1 Å². The number of aliphatic carboxylic acids is 1. The maximum Gasteiger partial charge on any atom is 0.370 e. The molecule has 0 atom stereocenters. The number of hydrogen-bond donors (Lipinski definition) is 1. The summed E-state index contributed by atoms with van der Waals surface area (Å²) >= 11 is 0. The van der Waals surface area contributed by atoms with Crippen LogP contribution in [0.4, 0.5) is 5.69 Å². The Morgan fingerprint density at radius 2 is 1.97 bits per heavy atom. The van der Waals surface area contributed by atoms with E-state index >= 15 is 0 Å². The third-order valence-electron chi connectivity index (χ3n) is 6.91. The van der Waals surface area contributed by atoms with Gasteiger partial charge in [-0.2, -0.15) is 4.58 Å². The van der Waals surface area contributed by atoms with Gasteiger partial charge in [0.25, 0.3) is 0 Å². The summed E-state index contributed by atoms with van der Waals surface area (Å²) in [6.07, 6.45) is 9.49. The van der Waals surface area contributed by atoms with Gasteiger partial charge < -0.3 is 14.6 Å². The predicted octanol–water partition coefficient (Wildman–Crippen LogP) is 6.40. The van der Waals surface area contributed by atoms with E-state index in [1.807, 2.05) is 48.8 Å². The fraction of sp³-hybridized carbons (Fsp3) is 0.333. The predicted molar refractivity (Wildman–Crippen MR) is 138 cm³/mol. The number of benzene rings is 2. The summed E-state index contributed by atoms with van der Waals surface area (Å²) in [5.74, 6) is 1.68. The van der Waals surface area contributed by atoms with Gasteiger partial charge in [0.2, 0.25) is 12.2 Å². The van der Waals surface area contributed by atoms with Gasteiger partial charge in [0.15, 0.2) is 5.71 Å². The second-order valence-corrected chi connectivity index (χ2v) is 10.2. The molecule has 2 aromatic carbocycles. The lowest BCUT2D eigenvalue weighted by molar-refractivity contribution is -0.428. The smallest absolute Gasteiger partial charge is 0.370 e. The number of allylic oxidation sites excluding steroid dienone is 4. The first-order valence-electron chi connectivity index (χ1n) is 12.3. The number of carbonyl (C=O) groups is 1. The minimum Gasteiger partial charge on any atom is -0.491 e. The minimum atomic E-state index is -0.847. The normalized spacial score (nSPS) is 18.3. The van der Waals surface area contributed by atoms with E-state index in [0.717, 1.165) is 64.6 Å². The Morgan fingerprint density at radius 3 is 2.74 bits per heavy atom. The zero-order chi connectivity index (χ0) is 24.7. The highest BCUT2D eigenvalue weighted by Gasteiger charge is 2.44. The van der Waals surface area contributed by atoms with Gasteiger partial charge in [-0.25, -0.2) is 4.79 Å². The number of ether oxygens (including phenoxy) is 2. The Bertz CT molecular complexity index is 1320. The molecular weight excluding hydrogens is 438 g/mol. The van der Waals surface area contributed by atoms with E-state index in [4.69, 9.17) is 9.47 Å². The zero-order valence-corrected chi connectivity index (χ0v) is 20.8. The molecule has 0 amide bonds. The van der Waals surface area contributed by atoms with Gasteiger partial charge in [0.05, 0.1) is 11.5 Å². The monoisotopic (exact) mass is 470 g/mol. The van der Waals surface area contributed by atoms with Gasteiger partial charge in [-0.3, -0.25) is 0 Å². The van der Waals surface area contributed by atoms with Crippen LogP contribution in [-0.4, -0.2) is 34.0 Å². The lowest BCUT2D eigenvalue weighted by Gasteiger charge is -2.27. The third kappa shape index (κ3) is 4.31. The highest BCUT2D eigenvalue weighted by atomic mass is 16.5. The van der Waals surface area contributed by atoms with Crippen molar-refractivity contribution in [3.8, 4) is 11.5 Å². The third-order valence-corrected chi connectivity index (χ3v) is 6.91. The maximum absolute atomic E-state index is 11.7. The van der Waals surface area contributed by atoms with Crippen molar-refractivity contribution in [3.63, 3.8) is 0 Å². The SMILES string of the molecule is CC(C)Oc1ccc2c(c1)OC1=C(/C=C/C3=[N+](CC(=O)O)c4ccccc4C3(C)C)CCCC1=C2. The van der Waals surface area contributed by atoms with Crippen molar-refractivity contribution in [2.75, 3.05) is 6.54 Å². The molecule has 3 aliphatic rings. The number of rotatable bonds is 6. The fourth-order valence-corrected chi connectivity index (χ4v) is 5.32. The highest BCUT2D eigenvalue weighted by molar-refractivity contribution is 6.03. The molecule has 0 aromatic heterocycles. The van der Waals surface area contributed by atoms with E-state index in [2.05, 4.69) is 44.2 Å². The Kier molecular flexibility index (Phi) is 5.87. The topological polar surface area (TPSA) is 58.8 Å². The van der Waals surface area contributed by atoms with Crippen molar-refractivity contribution >= 4 is 23.4 Å². The van der Waals surface area contributed by atoms with E-state index in [1.54, 1.807) is 0 Å². The molecule has 0 unspecified atom stereocenters. The van der Waals surface area contributed by atoms with Crippen LogP contribution in [0.2, 0.25) is 0 Å². The standard InChI is InChI=1S/C30H31NO4/c1-19(2)34-23-14-12-21-16-22-9-7-8-20(29(22)35-26(21)17-23)13-15-27-30(3,4)24-10-5-6-11-25(24)31(27)18-28(32)33/h5-6,10-17,19H,7-9,18H2,1-4H3/p+1/b15-13+. The van der Waals surface area contributed by atoms with Gasteiger partial charge in [-0.1, -0.05) is 18.2 Å². The van der Waals surface area contributed by atoms with Gasteiger partial charge in [0.1, 0.15) is 17.3 Å². The number of para-hydroxylation sites is 1. The zero-order valence-electron chi connectivity index (χ0n) is 20.8. The number of hydrogen-bond acceptors (Lipinski definition) is 3. The second-order valence-electron chi connectivity index (χ2n) is 10.2. The average molecular weight is 471 g/mol. The molecule has 5 rings (SSSR count). The van der Waals surface area contributed by atoms with Crippen molar-refractivity contribution in [1.29, 1.82) is 0 Å². The van der Waals surface area contributed by atoms with Crippen LogP contribution in [0.3, 0.4) is 0 Å². The van der Waals surface area contributed by atoms with Gasteiger partial charge >= 0.3 is 5.97 Å². The maximum atomic E-state index is 11.7. The average Bonchev–Trinajstić information content (AvgIpc) is 3.02. The quantitative estimate of drug-likeness (QED) is 0.496. The summed E-state index contributed by atoms with van der Waals surface area (Å²) in [5.41, 5.74) is 6.20. The molecule has 0 spiro atoms. The fourth-order valence-electron chi connectivity index (χ4n) is 5.32. The minimum absolute atomic E-state index is 0.0698. The van der Waals surface area contributed by atoms with Gasteiger partial charge in [0, 0.05) is 29.3 Å². The summed E-state index contributed by atoms with van der Waals surface area (Å²) in [6.45, 7) is 8.26.